The van der Waals surface area contributed by atoms with Crippen LogP contribution in [0.2, 0.25) is 5.02 Å². The number of halogens is 3. The van der Waals surface area contributed by atoms with Gasteiger partial charge in [-0.3, -0.25) is 9.59 Å². The van der Waals surface area contributed by atoms with E-state index in [0.29, 0.717) is 22.9 Å². The summed E-state index contributed by atoms with van der Waals surface area (Å²) in [6.45, 7) is 7.65. The second-order valence-electron chi connectivity index (χ2n) is 9.73. The number of likely N-dealkylation sites (N-methyl/N-ethyl adjacent to an activating group) is 2. The number of nitrogens with one attached hydrogen (secondary N) is 1. The number of hydrogen-bond donors (Lipinski definition) is 2. The first-order chi connectivity index (χ1) is 18.7. The molecule has 2 aliphatic heterocycles. The van der Waals surface area contributed by atoms with Gasteiger partial charge in [0.25, 0.3) is 0 Å². The lowest BCUT2D eigenvalue weighted by Crippen LogP contribution is -2.32. The highest BCUT2D eigenvalue weighted by atomic mass is 35.5. The van der Waals surface area contributed by atoms with E-state index >= 15 is 0 Å². The zero-order valence-electron chi connectivity index (χ0n) is 24.0. The molecule has 1 atom stereocenters. The Morgan fingerprint density at radius 2 is 1.62 bits per heavy atom. The van der Waals surface area contributed by atoms with Crippen LogP contribution in [0.5, 0.6) is 0 Å². The lowest BCUT2D eigenvalue weighted by Gasteiger charge is -2.30. The van der Waals surface area contributed by atoms with Crippen molar-refractivity contribution in [3.8, 4) is 0 Å². The highest BCUT2D eigenvalue weighted by Crippen LogP contribution is 2.32. The van der Waals surface area contributed by atoms with Crippen molar-refractivity contribution in [2.24, 2.45) is 5.73 Å². The lowest BCUT2D eigenvalue weighted by molar-refractivity contribution is -0.120. The molecule has 0 saturated carbocycles. The first-order valence-electron chi connectivity index (χ1n) is 13.6. The van der Waals surface area contributed by atoms with Gasteiger partial charge in [-0.15, -0.1) is 0 Å². The van der Waals surface area contributed by atoms with Crippen LogP contribution in [0.3, 0.4) is 0 Å². The number of hydrogen-bond acceptors (Lipinski definition) is 4. The summed E-state index contributed by atoms with van der Waals surface area (Å²) in [6, 6.07) is 9.62. The smallest absolute Gasteiger partial charge is 0.224 e. The van der Waals surface area contributed by atoms with Crippen LogP contribution in [0.15, 0.2) is 36.4 Å². The Labute approximate surface area is 237 Å². The molecule has 0 aliphatic carbocycles. The normalized spacial score (nSPS) is 17.1. The first-order valence-corrected chi connectivity index (χ1v) is 14.0. The molecule has 2 amide bonds. The van der Waals surface area contributed by atoms with Crippen LogP contribution in [-0.4, -0.2) is 69.4 Å². The topological polar surface area (TPSA) is 78.7 Å². The Morgan fingerprint density at radius 1 is 1.03 bits per heavy atom. The third kappa shape index (κ3) is 11.6. The van der Waals surface area contributed by atoms with Crippen molar-refractivity contribution < 1.29 is 18.4 Å². The number of nitrogens with zero attached hydrogens (tertiary/aromatic N) is 2. The molecule has 4 rings (SSSR count). The van der Waals surface area contributed by atoms with Crippen molar-refractivity contribution in [2.45, 2.75) is 57.8 Å². The Bertz CT molecular complexity index is 1020. The van der Waals surface area contributed by atoms with E-state index in [9.17, 15) is 18.4 Å². The molecule has 0 unspecified atom stereocenters. The maximum Gasteiger partial charge on any atom is 0.224 e. The maximum atomic E-state index is 13.4. The Hall–Kier alpha value is -2.55. The average Bonchev–Trinajstić information content (AvgIpc) is 3.36. The van der Waals surface area contributed by atoms with E-state index in [2.05, 4.69) is 29.8 Å². The molecule has 0 spiro atoms. The van der Waals surface area contributed by atoms with Gasteiger partial charge in [0.2, 0.25) is 12.3 Å². The molecular weight excluding hydrogens is 522 g/mol. The molecule has 2 aromatic carbocycles. The van der Waals surface area contributed by atoms with Crippen molar-refractivity contribution in [1.82, 2.24) is 15.1 Å². The fraction of sp³-hybridized carbons (Fsp3) is 0.533. The van der Waals surface area contributed by atoms with E-state index in [-0.39, 0.29) is 11.8 Å². The summed E-state index contributed by atoms with van der Waals surface area (Å²) in [7, 11) is 5.15. The van der Waals surface area contributed by atoms with Gasteiger partial charge < -0.3 is 20.9 Å². The SMILES string of the molecule is CCC.CN.CN1CC[C@H](c2ccc(F)cc2F)C1.CNC(=O)Cc1cc(Cl)ccc1C1CCN(C=O)CC1. The zero-order valence-corrected chi connectivity index (χ0v) is 24.7. The fourth-order valence-corrected chi connectivity index (χ4v) is 4.92. The van der Waals surface area contributed by atoms with Crippen molar-refractivity contribution in [1.29, 1.82) is 0 Å². The van der Waals surface area contributed by atoms with Gasteiger partial charge in [0, 0.05) is 43.7 Å². The Kier molecular flexibility index (Phi) is 16.5. The molecule has 0 aromatic heterocycles. The van der Waals surface area contributed by atoms with Crippen LogP contribution in [0.25, 0.3) is 0 Å². The molecular formula is C30H45ClF2N4O2. The number of benzene rings is 2. The molecule has 2 aromatic rings. The summed E-state index contributed by atoms with van der Waals surface area (Å²) in [6.07, 6.45) is 5.32. The van der Waals surface area contributed by atoms with E-state index < -0.39 is 11.6 Å². The summed E-state index contributed by atoms with van der Waals surface area (Å²) in [5.41, 5.74) is 7.32. The Morgan fingerprint density at radius 3 is 2.13 bits per heavy atom. The van der Waals surface area contributed by atoms with E-state index in [1.807, 2.05) is 25.2 Å². The molecule has 2 saturated heterocycles. The van der Waals surface area contributed by atoms with E-state index in [1.54, 1.807) is 18.0 Å². The number of carbonyl (C=O) groups excluding carboxylic acids is 2. The van der Waals surface area contributed by atoms with Crippen LogP contribution in [0.4, 0.5) is 8.78 Å². The van der Waals surface area contributed by atoms with Crippen molar-refractivity contribution in [3.05, 3.63) is 69.7 Å². The van der Waals surface area contributed by atoms with Gasteiger partial charge in [-0.1, -0.05) is 44.0 Å². The molecule has 0 radical (unpaired) electrons. The summed E-state index contributed by atoms with van der Waals surface area (Å²) < 4.78 is 26.0. The number of piperidine rings is 1. The standard InChI is InChI=1S/C15H19ClN2O2.C11H13F2N.C3H8.CH5N/c1-17-15(20)9-12-8-13(16)2-3-14(12)11-4-6-18(10-19)7-5-11;1-14-5-4-8(7-14)10-3-2-9(12)6-11(10)13;1-3-2;1-2/h2-3,8,10-11H,4-7,9H2,1H3,(H,17,20);2-3,6,8H,4-5,7H2,1H3;3H2,1-2H3;2H2,1H3/t;8-;;/m.0../s1. The van der Waals surface area contributed by atoms with E-state index in [0.717, 1.165) is 63.5 Å². The molecule has 2 aliphatic rings. The second kappa shape index (κ2) is 18.7. The minimum atomic E-state index is -0.502. The Balaban J connectivity index is 0.000000349. The zero-order chi connectivity index (χ0) is 29.4. The maximum absolute atomic E-state index is 13.4. The van der Waals surface area contributed by atoms with Gasteiger partial charge in [-0.25, -0.2) is 8.78 Å². The van der Waals surface area contributed by atoms with Gasteiger partial charge in [-0.2, -0.15) is 0 Å². The third-order valence-corrected chi connectivity index (χ3v) is 6.88. The van der Waals surface area contributed by atoms with Crippen LogP contribution in [-0.2, 0) is 16.0 Å². The monoisotopic (exact) mass is 566 g/mol. The minimum Gasteiger partial charge on any atom is -0.359 e. The summed E-state index contributed by atoms with van der Waals surface area (Å²) >= 11 is 6.04. The highest BCUT2D eigenvalue weighted by Gasteiger charge is 2.24. The van der Waals surface area contributed by atoms with E-state index in [4.69, 9.17) is 11.6 Å². The predicted molar refractivity (Wildman–Crippen MR) is 156 cm³/mol. The molecule has 218 valence electrons. The first kappa shape index (κ1) is 34.5. The number of rotatable bonds is 5. The number of amides is 2. The fourth-order valence-electron chi connectivity index (χ4n) is 4.72. The van der Waals surface area contributed by atoms with Crippen LogP contribution in [0, 0.1) is 11.6 Å². The van der Waals surface area contributed by atoms with Gasteiger partial charge in [0.1, 0.15) is 11.6 Å². The molecule has 2 heterocycles. The largest absolute Gasteiger partial charge is 0.359 e. The molecule has 9 heteroatoms. The molecule has 0 bridgehead atoms. The molecule has 39 heavy (non-hydrogen) atoms. The number of carbonyl (C=O) groups is 2. The van der Waals surface area contributed by atoms with Gasteiger partial charge in [0.15, 0.2) is 0 Å². The summed E-state index contributed by atoms with van der Waals surface area (Å²) in [5.74, 6) is -0.314. The lowest BCUT2D eigenvalue weighted by atomic mass is 9.85. The van der Waals surface area contributed by atoms with Gasteiger partial charge in [-0.05, 0) is 80.7 Å². The van der Waals surface area contributed by atoms with Crippen molar-refractivity contribution >= 4 is 23.9 Å². The van der Waals surface area contributed by atoms with Crippen LogP contribution >= 0.6 is 11.6 Å². The highest BCUT2D eigenvalue weighted by molar-refractivity contribution is 6.30. The number of likely N-dealkylation sites (tertiary alicyclic amines) is 2. The quantitative estimate of drug-likeness (QED) is 0.479. The van der Waals surface area contributed by atoms with E-state index in [1.165, 1.54) is 25.1 Å². The summed E-state index contributed by atoms with van der Waals surface area (Å²) in [5, 5.41) is 3.29. The molecule has 2 fully saturated rings. The number of nitrogens with two attached hydrogens (primary N) is 1. The molecule has 3 N–H and O–H groups in total. The van der Waals surface area contributed by atoms with Crippen LogP contribution in [0.1, 0.15) is 68.1 Å². The second-order valence-corrected chi connectivity index (χ2v) is 10.2. The van der Waals surface area contributed by atoms with Gasteiger partial charge >= 0.3 is 0 Å². The van der Waals surface area contributed by atoms with Crippen LogP contribution < -0.4 is 11.1 Å². The molecule has 6 nitrogen and oxygen atoms in total. The minimum absolute atomic E-state index is 0.0150. The van der Waals surface area contributed by atoms with Crippen molar-refractivity contribution in [2.75, 3.05) is 47.3 Å². The van der Waals surface area contributed by atoms with Gasteiger partial charge in [0.05, 0.1) is 6.42 Å². The third-order valence-electron chi connectivity index (χ3n) is 6.65. The van der Waals surface area contributed by atoms with Crippen molar-refractivity contribution in [3.63, 3.8) is 0 Å². The predicted octanol–water partition coefficient (Wildman–Crippen LogP) is 5.34. The average molecular weight is 567 g/mol. The summed E-state index contributed by atoms with van der Waals surface area (Å²) in [4.78, 5) is 26.3.